The molecule has 0 aromatic carbocycles. The maximum absolute atomic E-state index is 10.8. The monoisotopic (exact) mass is 301 g/mol. The Balaban J connectivity index is 1.66. The first-order chi connectivity index (χ1) is 9.13. The van der Waals surface area contributed by atoms with Gasteiger partial charge in [-0.05, 0) is 31.6 Å². The summed E-state index contributed by atoms with van der Waals surface area (Å²) in [7, 11) is 0. The minimum Gasteiger partial charge on any atom is -0.481 e. The number of carbonyl (C=O) groups is 1. The Morgan fingerprint density at radius 1 is 1.42 bits per heavy atom. The molecule has 2 aliphatic rings. The van der Waals surface area contributed by atoms with Crippen LogP contribution in [-0.2, 0) is 11.3 Å². The normalized spacial score (nSPS) is 30.7. The molecule has 1 aromatic heterocycles. The van der Waals surface area contributed by atoms with Crippen LogP contribution < -0.4 is 0 Å². The van der Waals surface area contributed by atoms with Crippen LogP contribution in [-0.4, -0.2) is 37.6 Å². The average molecular weight is 302 g/mol. The van der Waals surface area contributed by atoms with Crippen LogP contribution in [0.4, 0.5) is 0 Å². The molecular formula is C12H16ClN3O2S. The molecule has 0 aliphatic carbocycles. The standard InChI is InChI=1S/C12H16ClN3O2S/c13-12-10(14-15-19-12)6-16-8-1-2-9(16)4-7(3-8)5-11(17)18/h7-9H,1-6H2,(H,17,18). The summed E-state index contributed by atoms with van der Waals surface area (Å²) in [4.78, 5) is 13.3. The summed E-state index contributed by atoms with van der Waals surface area (Å²) < 4.78 is 4.54. The van der Waals surface area contributed by atoms with Crippen molar-refractivity contribution in [3.63, 3.8) is 0 Å². The number of rotatable bonds is 4. The summed E-state index contributed by atoms with van der Waals surface area (Å²) in [6.45, 7) is 0.754. The number of carboxylic acids is 1. The molecule has 0 amide bonds. The summed E-state index contributed by atoms with van der Waals surface area (Å²) in [5.74, 6) is -0.347. The van der Waals surface area contributed by atoms with E-state index in [-0.39, 0.29) is 0 Å². The number of fused-ring (bicyclic) bond motifs is 2. The largest absolute Gasteiger partial charge is 0.481 e. The van der Waals surface area contributed by atoms with Crippen LogP contribution in [0.15, 0.2) is 0 Å². The van der Waals surface area contributed by atoms with Gasteiger partial charge >= 0.3 is 5.97 Å². The Morgan fingerprint density at radius 2 is 2.11 bits per heavy atom. The minimum absolute atomic E-state index is 0.305. The topological polar surface area (TPSA) is 66.3 Å². The van der Waals surface area contributed by atoms with E-state index >= 15 is 0 Å². The number of aromatic nitrogens is 2. The molecule has 5 nitrogen and oxygen atoms in total. The van der Waals surface area contributed by atoms with Crippen LogP contribution in [0.25, 0.3) is 0 Å². The lowest BCUT2D eigenvalue weighted by Gasteiger charge is -2.38. The third-order valence-electron chi connectivity index (χ3n) is 4.29. The van der Waals surface area contributed by atoms with E-state index in [0.29, 0.717) is 28.8 Å². The molecule has 0 saturated carbocycles. The van der Waals surface area contributed by atoms with Gasteiger partial charge in [0.2, 0.25) is 0 Å². The van der Waals surface area contributed by atoms with Crippen LogP contribution in [0.3, 0.4) is 0 Å². The minimum atomic E-state index is -0.676. The number of carboxylic acid groups (broad SMARTS) is 1. The zero-order chi connectivity index (χ0) is 13.4. The highest BCUT2D eigenvalue weighted by Gasteiger charge is 2.41. The molecule has 2 fully saturated rings. The fraction of sp³-hybridized carbons (Fsp3) is 0.750. The van der Waals surface area contributed by atoms with Crippen LogP contribution in [0.1, 0.15) is 37.8 Å². The summed E-state index contributed by atoms with van der Waals surface area (Å²) in [6, 6.07) is 0.974. The highest BCUT2D eigenvalue weighted by molar-refractivity contribution is 7.10. The Bertz CT molecular complexity index is 467. The van der Waals surface area contributed by atoms with Crippen LogP contribution >= 0.6 is 23.1 Å². The van der Waals surface area contributed by atoms with Crippen LogP contribution in [0, 0.1) is 5.92 Å². The van der Waals surface area contributed by atoms with Crippen molar-refractivity contribution >= 4 is 29.1 Å². The lowest BCUT2D eigenvalue weighted by Crippen LogP contribution is -2.42. The van der Waals surface area contributed by atoms with E-state index < -0.39 is 5.97 Å². The molecular weight excluding hydrogens is 286 g/mol. The Labute approximate surface area is 120 Å². The van der Waals surface area contributed by atoms with E-state index in [1.54, 1.807) is 0 Å². The van der Waals surface area contributed by atoms with Crippen molar-refractivity contribution in [3.8, 4) is 0 Å². The Morgan fingerprint density at radius 3 is 2.63 bits per heavy atom. The highest BCUT2D eigenvalue weighted by atomic mass is 35.5. The van der Waals surface area contributed by atoms with Gasteiger partial charge in [0, 0.05) is 36.6 Å². The quantitative estimate of drug-likeness (QED) is 0.925. The van der Waals surface area contributed by atoms with Crippen molar-refractivity contribution < 1.29 is 9.90 Å². The summed E-state index contributed by atoms with van der Waals surface area (Å²) >= 11 is 7.29. The summed E-state index contributed by atoms with van der Waals surface area (Å²) in [5.41, 5.74) is 0.861. The SMILES string of the molecule is O=C(O)CC1CC2CCC(C1)N2Cc1nnsc1Cl. The molecule has 7 heteroatoms. The second-order valence-electron chi connectivity index (χ2n) is 5.49. The Kier molecular flexibility index (Phi) is 3.73. The molecule has 0 spiro atoms. The van der Waals surface area contributed by atoms with E-state index in [1.807, 2.05) is 0 Å². The lowest BCUT2D eigenvalue weighted by atomic mass is 9.88. The van der Waals surface area contributed by atoms with Gasteiger partial charge in [0.1, 0.15) is 10.0 Å². The van der Waals surface area contributed by atoms with Crippen LogP contribution in [0.2, 0.25) is 4.34 Å². The van der Waals surface area contributed by atoms with E-state index in [9.17, 15) is 4.79 Å². The average Bonchev–Trinajstić information content (AvgIpc) is 2.83. The van der Waals surface area contributed by atoms with Gasteiger partial charge in [-0.15, -0.1) is 5.10 Å². The first-order valence-corrected chi connectivity index (χ1v) is 7.73. The second-order valence-corrected chi connectivity index (χ2v) is 6.84. The second kappa shape index (κ2) is 5.34. The van der Waals surface area contributed by atoms with Crippen molar-refractivity contribution in [2.45, 2.75) is 50.7 Å². The van der Waals surface area contributed by atoms with Gasteiger partial charge in [-0.1, -0.05) is 16.1 Å². The van der Waals surface area contributed by atoms with Gasteiger partial charge < -0.3 is 5.11 Å². The molecule has 104 valence electrons. The first kappa shape index (κ1) is 13.3. The predicted octanol–water partition coefficient (Wildman–Crippen LogP) is 2.41. The number of piperidine rings is 1. The molecule has 3 heterocycles. The van der Waals surface area contributed by atoms with Crippen LogP contribution in [0.5, 0.6) is 0 Å². The van der Waals surface area contributed by atoms with E-state index in [2.05, 4.69) is 14.5 Å². The fourth-order valence-electron chi connectivity index (χ4n) is 3.52. The summed E-state index contributed by atoms with van der Waals surface area (Å²) in [5, 5.41) is 13.0. The van der Waals surface area contributed by atoms with Crippen molar-refractivity contribution in [2.24, 2.45) is 5.92 Å². The molecule has 2 unspecified atom stereocenters. The van der Waals surface area contributed by atoms with Gasteiger partial charge in [0.15, 0.2) is 0 Å². The highest BCUT2D eigenvalue weighted by Crippen LogP contribution is 2.41. The van der Waals surface area contributed by atoms with Crippen molar-refractivity contribution in [2.75, 3.05) is 0 Å². The third kappa shape index (κ3) is 2.75. The molecule has 0 radical (unpaired) electrons. The van der Waals surface area contributed by atoms with E-state index in [4.69, 9.17) is 16.7 Å². The molecule has 2 saturated heterocycles. The van der Waals surface area contributed by atoms with Gasteiger partial charge in [-0.3, -0.25) is 9.69 Å². The van der Waals surface area contributed by atoms with E-state index in [0.717, 1.165) is 37.9 Å². The van der Waals surface area contributed by atoms with Crippen molar-refractivity contribution in [1.29, 1.82) is 0 Å². The maximum Gasteiger partial charge on any atom is 0.303 e. The third-order valence-corrected chi connectivity index (χ3v) is 5.27. The van der Waals surface area contributed by atoms with Crippen molar-refractivity contribution in [1.82, 2.24) is 14.5 Å². The lowest BCUT2D eigenvalue weighted by molar-refractivity contribution is -0.138. The van der Waals surface area contributed by atoms with E-state index in [1.165, 1.54) is 11.5 Å². The number of halogens is 1. The number of hydrogen-bond acceptors (Lipinski definition) is 5. The molecule has 3 rings (SSSR count). The first-order valence-electron chi connectivity index (χ1n) is 6.57. The Hall–Kier alpha value is -0.720. The van der Waals surface area contributed by atoms with Gasteiger partial charge in [0.25, 0.3) is 0 Å². The zero-order valence-electron chi connectivity index (χ0n) is 10.5. The predicted molar refractivity (Wildman–Crippen MR) is 72.2 cm³/mol. The molecule has 2 atom stereocenters. The molecule has 2 aliphatic heterocycles. The smallest absolute Gasteiger partial charge is 0.303 e. The van der Waals surface area contributed by atoms with Crippen molar-refractivity contribution in [3.05, 3.63) is 10.0 Å². The fourth-order valence-corrected chi connectivity index (χ4v) is 4.13. The maximum atomic E-state index is 10.8. The number of aliphatic carboxylic acids is 1. The number of nitrogens with zero attached hydrogens (tertiary/aromatic N) is 3. The number of hydrogen-bond donors (Lipinski definition) is 1. The molecule has 1 N–H and O–H groups in total. The van der Waals surface area contributed by atoms with Gasteiger partial charge in [-0.2, -0.15) is 0 Å². The van der Waals surface area contributed by atoms with Gasteiger partial charge in [0.05, 0.1) is 0 Å². The summed E-state index contributed by atoms with van der Waals surface area (Å²) in [6.07, 6.45) is 4.60. The zero-order valence-corrected chi connectivity index (χ0v) is 12.0. The molecule has 2 bridgehead atoms. The van der Waals surface area contributed by atoms with Gasteiger partial charge in [-0.25, -0.2) is 0 Å². The molecule has 19 heavy (non-hydrogen) atoms. The molecule has 1 aromatic rings.